The molecule has 21 nitrogen and oxygen atoms in total. The molecule has 2 aliphatic heterocycles. The van der Waals surface area contributed by atoms with Gasteiger partial charge in [-0.2, -0.15) is 0 Å². The molecule has 14 atom stereocenters. The van der Waals surface area contributed by atoms with Crippen molar-refractivity contribution in [3.63, 3.8) is 0 Å². The van der Waals surface area contributed by atoms with E-state index in [1.54, 1.807) is 0 Å². The van der Waals surface area contributed by atoms with Gasteiger partial charge in [0.1, 0.15) is 54.8 Å². The van der Waals surface area contributed by atoms with Crippen molar-refractivity contribution in [2.75, 3.05) is 19.9 Å². The van der Waals surface area contributed by atoms with E-state index in [2.05, 4.69) is 45.3 Å². The van der Waals surface area contributed by atoms with Crippen LogP contribution in [0, 0.1) is 0 Å². The number of hydrogen-bond donors (Lipinski definition) is 8. The molecule has 2 saturated heterocycles. The normalized spacial score (nSPS) is 21.7. The van der Waals surface area contributed by atoms with Gasteiger partial charge in [0.25, 0.3) is 0 Å². The summed E-state index contributed by atoms with van der Waals surface area (Å²) in [5.41, 5.74) is 0. The molecule has 0 aromatic rings. The second-order valence-corrected chi connectivity index (χ2v) is 32.8. The molecule has 0 radical (unpaired) electrons. The lowest BCUT2D eigenvalue weighted by Crippen LogP contribution is -2.67. The van der Waals surface area contributed by atoms with Crippen LogP contribution in [-0.4, -0.2) is 160 Å². The smallest absolute Gasteiger partial charge is 0.325 e. The van der Waals surface area contributed by atoms with E-state index >= 15 is 0 Å². The van der Waals surface area contributed by atoms with E-state index in [1.807, 2.05) is 0 Å². The minimum absolute atomic E-state index is 0. The van der Waals surface area contributed by atoms with Crippen LogP contribution in [0.5, 0.6) is 0 Å². The van der Waals surface area contributed by atoms with Crippen LogP contribution >= 0.6 is 7.60 Å². The van der Waals surface area contributed by atoms with Crippen LogP contribution in [0.25, 0.3) is 0 Å². The lowest BCUT2D eigenvalue weighted by Gasteiger charge is -2.46. The van der Waals surface area contributed by atoms with Crippen LogP contribution in [-0.2, 0) is 61.5 Å². The van der Waals surface area contributed by atoms with Crippen molar-refractivity contribution in [1.82, 2.24) is 10.6 Å². The first-order valence-corrected chi connectivity index (χ1v) is 45.2. The molecule has 626 valence electrons. The molecule has 2 fully saturated rings. The van der Waals surface area contributed by atoms with Crippen molar-refractivity contribution in [3.05, 3.63) is 0 Å². The first-order chi connectivity index (χ1) is 50.8. The van der Waals surface area contributed by atoms with Gasteiger partial charge in [-0.25, -0.2) is 0 Å². The Morgan fingerprint density at radius 3 is 1.13 bits per heavy atom. The number of nitrogens with one attached hydrogen (secondary N) is 2. The number of amides is 2. The van der Waals surface area contributed by atoms with Crippen molar-refractivity contribution in [3.8, 4) is 0 Å². The van der Waals surface area contributed by atoms with E-state index in [-0.39, 0.29) is 33.1 Å². The third kappa shape index (κ3) is 51.7. The summed E-state index contributed by atoms with van der Waals surface area (Å²) in [5.74, 6) is -3.23. The van der Waals surface area contributed by atoms with Gasteiger partial charge < -0.3 is 69.5 Å². The number of unbranched alkanes of at least 4 members (excludes halogenated alkanes) is 44. The van der Waals surface area contributed by atoms with Crippen molar-refractivity contribution in [1.29, 1.82) is 0 Å². The minimum Gasteiger partial charge on any atom is -0.462 e. The van der Waals surface area contributed by atoms with E-state index in [4.69, 9.17) is 32.9 Å². The first-order valence-electron chi connectivity index (χ1n) is 43.2. The molecule has 0 aliphatic carbocycles. The Kier molecular flexibility index (Phi) is 63.7. The van der Waals surface area contributed by atoms with E-state index in [9.17, 15) is 59.0 Å². The van der Waals surface area contributed by atoms with Gasteiger partial charge in [-0.1, -0.05) is 331 Å². The third-order valence-corrected chi connectivity index (χ3v) is 21.5. The Bertz CT molecular complexity index is 2180. The zero-order valence-electron chi connectivity index (χ0n) is 67.2. The second kappa shape index (κ2) is 66.8. The molecule has 0 aromatic heterocycles. The quantitative estimate of drug-likeness (QED) is 0.0121. The van der Waals surface area contributed by atoms with Gasteiger partial charge in [0, 0.05) is 19.5 Å². The second-order valence-electron chi connectivity index (χ2n) is 31.0. The minimum atomic E-state index is -4.56. The molecular weight excluding hydrogens is 1370 g/mol. The summed E-state index contributed by atoms with van der Waals surface area (Å²) in [5, 5.41) is 61.5. The fourth-order valence-electron chi connectivity index (χ4n) is 14.5. The van der Waals surface area contributed by atoms with Crippen LogP contribution in [0.3, 0.4) is 0 Å². The summed E-state index contributed by atoms with van der Waals surface area (Å²) in [6.07, 6.45) is 36.3. The molecule has 2 amide bonds. The number of rotatable bonds is 71. The van der Waals surface area contributed by atoms with Gasteiger partial charge in [0.2, 0.25) is 11.8 Å². The van der Waals surface area contributed by atoms with Crippen LogP contribution in [0.1, 0.15) is 408 Å². The van der Waals surface area contributed by atoms with E-state index in [0.29, 0.717) is 44.9 Å². The average Bonchev–Trinajstić information content (AvgIpc) is 0.781. The van der Waals surface area contributed by atoms with Crippen LogP contribution in [0.4, 0.5) is 0 Å². The number of hydrogen-bond acceptors (Lipinski definition) is 18. The SMILES string of the molecule is C.CCCCCCCCCCCCCC(=O)O[C@H](CCCCCCCCCCC)CC(=O)NC1[C@H](OCC2O[C@H](O)C(NC(=O)C[C@H](O)CCCCCCCCCCC)[C@@H](O)[C@@H]2O)OC(CO)[C@@H](OP(C)(=O)O)[C@@H]1OC(=O)C[C@@H](CCCCCCCCCCC)OC(=O)CCCCCCCCCCCCC. The summed E-state index contributed by atoms with van der Waals surface area (Å²) in [7, 11) is -4.56. The van der Waals surface area contributed by atoms with E-state index < -0.39 is 137 Å². The zero-order chi connectivity index (χ0) is 77.0. The monoisotopic (exact) mass is 1530 g/mol. The van der Waals surface area contributed by atoms with Gasteiger partial charge in [-0.15, -0.1) is 0 Å². The Balaban J connectivity index is 0.0000562. The maximum Gasteiger partial charge on any atom is 0.325 e. The predicted octanol–water partition coefficient (Wildman–Crippen LogP) is 18.4. The number of aliphatic hydroxyl groups excluding tert-OH is 5. The van der Waals surface area contributed by atoms with Crippen molar-refractivity contribution in [2.45, 2.75) is 488 Å². The maximum atomic E-state index is 14.9. The predicted molar refractivity (Wildman–Crippen MR) is 423 cm³/mol. The standard InChI is InChI=1S/C83H157N2O19P.CH4/c1-7-12-17-22-27-32-34-39-44-49-54-59-73(90)99-67(57-52-47-42-37-30-25-20-15-10-4)62-72(89)85-77-81(103-75(92)63-68(58-53-48-43-38-31-26-21-16-11-5)100-74(91)60-55-50-45-40-35-33-28-23-18-13-8-2)80(104-105(6,96)97)69(64-86)102-83(77)98-65-70-78(93)79(94)76(82(95)101-70)84-71(88)61-66(87)56-51-46-41-36-29-24-19-14-9-3;/h66-70,76-83,86-87,93-95H,7-65H2,1-6H3,(H,84,88)(H,85,89)(H,96,97);1H4/t66-,67-,68-,69?,70?,76?,77?,78-,79-,80-,81-,82+,83-;/m1./s1. The van der Waals surface area contributed by atoms with Gasteiger partial charge in [0.15, 0.2) is 18.7 Å². The molecule has 2 heterocycles. The van der Waals surface area contributed by atoms with Gasteiger partial charge in [-0.3, -0.25) is 33.1 Å². The third-order valence-electron chi connectivity index (χ3n) is 20.9. The molecule has 22 heteroatoms. The average molecular weight is 1530 g/mol. The topological polar surface area (TPSA) is 312 Å². The Morgan fingerprint density at radius 2 is 0.755 bits per heavy atom. The van der Waals surface area contributed by atoms with E-state index in [0.717, 1.165) is 161 Å². The largest absolute Gasteiger partial charge is 0.462 e. The van der Waals surface area contributed by atoms with Gasteiger partial charge >= 0.3 is 25.5 Å². The molecule has 0 spiro atoms. The van der Waals surface area contributed by atoms with Gasteiger partial charge in [0.05, 0.1) is 38.6 Å². The van der Waals surface area contributed by atoms with Crippen molar-refractivity contribution < 1.29 is 91.9 Å². The highest BCUT2D eigenvalue weighted by Crippen LogP contribution is 2.43. The lowest BCUT2D eigenvalue weighted by atomic mass is 9.95. The van der Waals surface area contributed by atoms with Crippen LogP contribution in [0.15, 0.2) is 0 Å². The van der Waals surface area contributed by atoms with Crippen molar-refractivity contribution in [2.24, 2.45) is 0 Å². The molecule has 0 bridgehead atoms. The number of aliphatic hydroxyl groups is 5. The van der Waals surface area contributed by atoms with Crippen LogP contribution in [0.2, 0.25) is 0 Å². The fourth-order valence-corrected chi connectivity index (χ4v) is 15.2. The Hall–Kier alpha value is -2.82. The van der Waals surface area contributed by atoms with Gasteiger partial charge in [-0.05, 0) is 44.9 Å². The summed E-state index contributed by atoms with van der Waals surface area (Å²) >= 11 is 0. The molecule has 5 unspecified atom stereocenters. The number of carbonyl (C=O) groups is 5. The highest BCUT2D eigenvalue weighted by atomic mass is 31.2. The molecule has 8 N–H and O–H groups in total. The summed E-state index contributed by atoms with van der Waals surface area (Å²) in [6.45, 7) is 10.3. The molecular formula is C84H161N2O19P. The number of ether oxygens (including phenoxy) is 6. The molecule has 2 rings (SSSR count). The summed E-state index contributed by atoms with van der Waals surface area (Å²) in [6, 6.07) is -3.18. The molecule has 0 saturated carbocycles. The number of esters is 3. The Labute approximate surface area is 644 Å². The molecule has 2 aliphatic rings. The maximum absolute atomic E-state index is 14.9. The summed E-state index contributed by atoms with van der Waals surface area (Å²) in [4.78, 5) is 81.2. The van der Waals surface area contributed by atoms with Crippen molar-refractivity contribution >= 4 is 37.3 Å². The highest BCUT2D eigenvalue weighted by molar-refractivity contribution is 7.51. The van der Waals surface area contributed by atoms with E-state index in [1.165, 1.54) is 135 Å². The lowest BCUT2D eigenvalue weighted by molar-refractivity contribution is -0.297. The van der Waals surface area contributed by atoms with Crippen LogP contribution < -0.4 is 10.6 Å². The fraction of sp³-hybridized carbons (Fsp3) is 0.940. The molecule has 0 aromatic carbocycles. The zero-order valence-corrected chi connectivity index (χ0v) is 68.1. The number of carbonyl (C=O) groups excluding carboxylic acids is 5. The first kappa shape index (κ1) is 101. The Morgan fingerprint density at radius 1 is 0.415 bits per heavy atom. The summed E-state index contributed by atoms with van der Waals surface area (Å²) < 4.78 is 56.1. The highest BCUT2D eigenvalue weighted by Gasteiger charge is 2.53. The molecule has 106 heavy (non-hydrogen) atoms.